The van der Waals surface area contributed by atoms with Crippen LogP contribution in [0.1, 0.15) is 44.4 Å². The number of rotatable bonds is 17. The minimum Gasteiger partial charge on any atom is -0.497 e. The number of aromatic nitrogens is 4. The van der Waals surface area contributed by atoms with Crippen molar-refractivity contribution >= 4 is 48.7 Å². The van der Waals surface area contributed by atoms with Crippen LogP contribution in [0.25, 0.3) is 11.4 Å². The van der Waals surface area contributed by atoms with E-state index >= 15 is 8.42 Å². The van der Waals surface area contributed by atoms with Gasteiger partial charge in [0.05, 0.1) is 33.4 Å². The number of benzene rings is 4. The van der Waals surface area contributed by atoms with Crippen LogP contribution in [0.4, 0.5) is 4.79 Å². The second kappa shape index (κ2) is 18.8. The van der Waals surface area contributed by atoms with Crippen LogP contribution in [0, 0.1) is 3.57 Å². The number of methoxy groups -OCH3 is 3. The van der Waals surface area contributed by atoms with Gasteiger partial charge in [-0.05, 0) is 121 Å². The highest BCUT2D eigenvalue weighted by Gasteiger charge is 2.37. The van der Waals surface area contributed by atoms with E-state index in [4.69, 9.17) is 18.9 Å². The van der Waals surface area contributed by atoms with Gasteiger partial charge in [0.25, 0.3) is 0 Å². The van der Waals surface area contributed by atoms with E-state index in [1.807, 2.05) is 34.7 Å². The number of sulfonamides is 2. The van der Waals surface area contributed by atoms with Crippen molar-refractivity contribution in [3.05, 3.63) is 105 Å². The number of halogens is 1. The van der Waals surface area contributed by atoms with Crippen LogP contribution in [0.15, 0.2) is 94.7 Å². The summed E-state index contributed by atoms with van der Waals surface area (Å²) in [5.74, 6) is 1.71. The zero-order valence-electron chi connectivity index (χ0n) is 33.1. The lowest BCUT2D eigenvalue weighted by Gasteiger charge is -2.26. The normalized spacial score (nSPS) is 12.6. The molecule has 5 aromatic rings. The SMILES string of the molecule is COc1ccc(CN(Cc2ccc(OC)cc2)S(=O)(=O)c2c(S(=O)(=O)NC[C@H](C)NC(=O)OC(C)(C)C)ccc(I)c2-c2nnn(Cc3ccc(OC)cc3)n2)cc1. The Morgan fingerprint density at radius 3 is 1.78 bits per heavy atom. The molecule has 0 saturated heterocycles. The third-order valence-electron chi connectivity index (χ3n) is 8.50. The second-order valence-corrected chi connectivity index (χ2v) is 18.9. The van der Waals surface area contributed by atoms with E-state index in [2.05, 4.69) is 25.4 Å². The molecule has 1 amide bonds. The molecule has 0 spiro atoms. The Kier molecular flexibility index (Phi) is 14.4. The second-order valence-electron chi connectivity index (χ2n) is 14.1. The summed E-state index contributed by atoms with van der Waals surface area (Å²) in [6.07, 6.45) is -0.740. The van der Waals surface area contributed by atoms with Crippen LogP contribution in [-0.2, 0) is 44.4 Å². The van der Waals surface area contributed by atoms with Crippen LogP contribution >= 0.6 is 22.6 Å². The van der Waals surface area contributed by atoms with Gasteiger partial charge in [-0.25, -0.2) is 26.4 Å². The van der Waals surface area contributed by atoms with Gasteiger partial charge in [0.15, 0.2) is 0 Å². The topological polar surface area (TPSA) is 193 Å². The zero-order valence-corrected chi connectivity index (χ0v) is 36.9. The van der Waals surface area contributed by atoms with Crippen LogP contribution in [-0.4, -0.2) is 87.0 Å². The predicted octanol–water partition coefficient (Wildman–Crippen LogP) is 5.60. The van der Waals surface area contributed by atoms with E-state index in [0.29, 0.717) is 31.9 Å². The predicted molar refractivity (Wildman–Crippen MR) is 225 cm³/mol. The highest BCUT2D eigenvalue weighted by Crippen LogP contribution is 2.38. The molecule has 1 heterocycles. The summed E-state index contributed by atoms with van der Waals surface area (Å²) in [4.78, 5) is 12.6. The van der Waals surface area contributed by atoms with Crippen molar-refractivity contribution < 1.29 is 40.6 Å². The number of alkyl carbamates (subject to hydrolysis) is 1. The fraction of sp³-hybridized carbons (Fsp3) is 0.333. The Balaban J connectivity index is 1.63. The van der Waals surface area contributed by atoms with Crippen molar-refractivity contribution in [2.24, 2.45) is 0 Å². The van der Waals surface area contributed by atoms with Crippen LogP contribution < -0.4 is 24.2 Å². The summed E-state index contributed by atoms with van der Waals surface area (Å²) >= 11 is 1.94. The first-order chi connectivity index (χ1) is 27.4. The molecule has 2 N–H and O–H groups in total. The van der Waals surface area contributed by atoms with E-state index < -0.39 is 47.6 Å². The van der Waals surface area contributed by atoms with Gasteiger partial charge in [-0.2, -0.15) is 9.10 Å². The molecule has 0 aliphatic rings. The molecule has 0 fully saturated rings. The van der Waals surface area contributed by atoms with Crippen LogP contribution in [0.3, 0.4) is 0 Å². The standard InChI is InChI=1S/C39H46IN7O9S2/c1-26(42-38(48)56-39(2,3)4)22-41-57(49,50)34-21-20-33(40)35(37-43-45-47(44-37)25-29-12-18-32(55-7)19-13-29)36(34)58(51,52)46(23-27-8-14-30(53-5)15-9-27)24-28-10-16-31(54-6)17-11-28/h8-21,26,41H,22-25H2,1-7H3,(H,42,48)/t26-/m0/s1. The summed E-state index contributed by atoms with van der Waals surface area (Å²) < 4.78 is 84.7. The molecule has 0 unspecified atom stereocenters. The number of amides is 1. The number of nitrogens with one attached hydrogen (secondary N) is 2. The molecule has 1 aromatic heterocycles. The molecule has 0 bridgehead atoms. The van der Waals surface area contributed by atoms with Gasteiger partial charge in [0.2, 0.25) is 25.9 Å². The molecule has 16 nitrogen and oxygen atoms in total. The van der Waals surface area contributed by atoms with Crippen molar-refractivity contribution in [3.8, 4) is 28.6 Å². The zero-order chi connectivity index (χ0) is 42.3. The van der Waals surface area contributed by atoms with Gasteiger partial charge in [0.1, 0.15) is 32.6 Å². The van der Waals surface area contributed by atoms with Crippen molar-refractivity contribution in [3.63, 3.8) is 0 Å². The van der Waals surface area contributed by atoms with Gasteiger partial charge in [0, 0.05) is 29.2 Å². The number of hydrogen-bond acceptors (Lipinski definition) is 12. The van der Waals surface area contributed by atoms with E-state index in [1.54, 1.807) is 95.5 Å². The minimum absolute atomic E-state index is 0.0566. The Morgan fingerprint density at radius 1 is 0.793 bits per heavy atom. The average molecular weight is 948 g/mol. The molecular formula is C39H46IN7O9S2. The Labute approximate surface area is 352 Å². The van der Waals surface area contributed by atoms with Crippen LogP contribution in [0.5, 0.6) is 17.2 Å². The third-order valence-corrected chi connectivity index (χ3v) is 12.9. The van der Waals surface area contributed by atoms with E-state index in [9.17, 15) is 13.2 Å². The molecule has 310 valence electrons. The fourth-order valence-corrected chi connectivity index (χ4v) is 10.0. The molecule has 0 radical (unpaired) electrons. The van der Waals surface area contributed by atoms with Crippen LogP contribution in [0.2, 0.25) is 0 Å². The maximum absolute atomic E-state index is 15.4. The Morgan fingerprint density at radius 2 is 1.29 bits per heavy atom. The Hall–Kier alpha value is -4.83. The monoisotopic (exact) mass is 947 g/mol. The van der Waals surface area contributed by atoms with E-state index in [1.165, 1.54) is 35.5 Å². The van der Waals surface area contributed by atoms with Gasteiger partial charge in [-0.1, -0.05) is 36.4 Å². The Bertz CT molecular complexity index is 2360. The summed E-state index contributed by atoms with van der Waals surface area (Å²) in [6.45, 7) is 6.29. The smallest absolute Gasteiger partial charge is 0.407 e. The largest absolute Gasteiger partial charge is 0.497 e. The number of hydrogen-bond donors (Lipinski definition) is 2. The number of carbonyl (C=O) groups excluding carboxylic acids is 1. The first kappa shape index (κ1) is 44.3. The number of carbonyl (C=O) groups is 1. The van der Waals surface area contributed by atoms with Crippen molar-refractivity contribution in [2.45, 2.75) is 68.8 Å². The quantitative estimate of drug-likeness (QED) is 0.110. The highest BCUT2D eigenvalue weighted by molar-refractivity contribution is 14.1. The van der Waals surface area contributed by atoms with Gasteiger partial charge in [-0.3, -0.25) is 0 Å². The third kappa shape index (κ3) is 11.4. The maximum atomic E-state index is 15.4. The van der Waals surface area contributed by atoms with Crippen molar-refractivity contribution in [1.82, 2.24) is 34.6 Å². The fourth-order valence-electron chi connectivity index (χ4n) is 5.62. The first-order valence-corrected chi connectivity index (χ1v) is 21.9. The molecule has 19 heteroatoms. The molecule has 58 heavy (non-hydrogen) atoms. The van der Waals surface area contributed by atoms with Gasteiger partial charge in [-0.15, -0.1) is 10.2 Å². The average Bonchev–Trinajstić information content (AvgIpc) is 3.64. The lowest BCUT2D eigenvalue weighted by molar-refractivity contribution is 0.0509. The number of tetrazole rings is 1. The summed E-state index contributed by atoms with van der Waals surface area (Å²) in [5.41, 5.74) is 1.19. The van der Waals surface area contributed by atoms with E-state index in [0.717, 1.165) is 5.56 Å². The molecule has 0 aliphatic carbocycles. The van der Waals surface area contributed by atoms with Gasteiger partial charge >= 0.3 is 6.09 Å². The first-order valence-electron chi connectivity index (χ1n) is 17.9. The van der Waals surface area contributed by atoms with E-state index in [-0.39, 0.29) is 37.6 Å². The van der Waals surface area contributed by atoms with Crippen molar-refractivity contribution in [1.29, 1.82) is 0 Å². The number of nitrogens with zero attached hydrogens (tertiary/aromatic N) is 5. The lowest BCUT2D eigenvalue weighted by Crippen LogP contribution is -2.44. The van der Waals surface area contributed by atoms with Crippen molar-refractivity contribution in [2.75, 3.05) is 27.9 Å². The summed E-state index contributed by atoms with van der Waals surface area (Å²) in [5, 5.41) is 15.6. The highest BCUT2D eigenvalue weighted by atomic mass is 127. The molecule has 0 saturated carbocycles. The van der Waals surface area contributed by atoms with Gasteiger partial charge < -0.3 is 24.3 Å². The molecular weight excluding hydrogens is 902 g/mol. The molecule has 0 aliphatic heterocycles. The maximum Gasteiger partial charge on any atom is 0.407 e. The lowest BCUT2D eigenvalue weighted by atomic mass is 10.2. The minimum atomic E-state index is -4.75. The number of ether oxygens (including phenoxy) is 4. The molecule has 5 rings (SSSR count). The summed E-state index contributed by atoms with van der Waals surface area (Å²) in [7, 11) is -4.75. The molecule has 4 aromatic carbocycles. The molecule has 1 atom stereocenters. The summed E-state index contributed by atoms with van der Waals surface area (Å²) in [6, 6.07) is 23.0.